The highest BCUT2D eigenvalue weighted by Crippen LogP contribution is 2.25. The molecule has 0 spiro atoms. The van der Waals surface area contributed by atoms with Crippen molar-refractivity contribution < 1.29 is 35.9 Å². The number of carboxylic acids is 1. The molecule has 0 saturated carbocycles. The molecule has 0 aromatic heterocycles. The Labute approximate surface area is 232 Å². The Morgan fingerprint density at radius 3 is 2.25 bits per heavy atom. The number of rotatable bonds is 9. The first-order chi connectivity index (χ1) is 18.8. The Kier molecular flexibility index (Phi) is 11.5. The van der Waals surface area contributed by atoms with E-state index in [1.807, 2.05) is 18.2 Å². The van der Waals surface area contributed by atoms with Crippen LogP contribution in [0.4, 0.5) is 17.6 Å². The third-order valence-electron chi connectivity index (χ3n) is 6.96. The number of carbonyl (C=O) groups is 1. The SMILES string of the molecule is CN1CCC(NCc2cccc(-c3ccc(S(=O)(=O)NCCN4CCCC4)c(F)c3)c2)CC1.O=C(O)C(F)(F)F. The van der Waals surface area contributed by atoms with Gasteiger partial charge in [0.2, 0.25) is 10.0 Å². The monoisotopic (exact) mass is 588 g/mol. The van der Waals surface area contributed by atoms with E-state index in [9.17, 15) is 26.0 Å². The van der Waals surface area contributed by atoms with Gasteiger partial charge in [0, 0.05) is 25.7 Å². The molecule has 40 heavy (non-hydrogen) atoms. The number of carboxylic acid groups (broad SMARTS) is 1. The third kappa shape index (κ3) is 9.81. The van der Waals surface area contributed by atoms with Crippen LogP contribution in [0.1, 0.15) is 31.2 Å². The van der Waals surface area contributed by atoms with E-state index in [1.54, 1.807) is 6.07 Å². The minimum absolute atomic E-state index is 0.288. The second-order valence-electron chi connectivity index (χ2n) is 10.1. The van der Waals surface area contributed by atoms with Gasteiger partial charge in [0.05, 0.1) is 0 Å². The van der Waals surface area contributed by atoms with E-state index in [0.717, 1.165) is 69.5 Å². The third-order valence-corrected chi connectivity index (χ3v) is 8.45. The lowest BCUT2D eigenvalue weighted by molar-refractivity contribution is -0.192. The predicted molar refractivity (Wildman–Crippen MR) is 144 cm³/mol. The highest BCUT2D eigenvalue weighted by molar-refractivity contribution is 7.89. The fraction of sp³-hybridized carbons (Fsp3) is 0.519. The van der Waals surface area contributed by atoms with Crippen molar-refractivity contribution in [3.63, 3.8) is 0 Å². The fourth-order valence-electron chi connectivity index (χ4n) is 4.66. The molecule has 8 nitrogen and oxygen atoms in total. The van der Waals surface area contributed by atoms with Crippen molar-refractivity contribution in [1.82, 2.24) is 19.8 Å². The summed E-state index contributed by atoms with van der Waals surface area (Å²) in [6.45, 7) is 5.92. The van der Waals surface area contributed by atoms with Crippen LogP contribution in [0.5, 0.6) is 0 Å². The second-order valence-corrected chi connectivity index (χ2v) is 11.8. The van der Waals surface area contributed by atoms with E-state index in [1.165, 1.54) is 12.1 Å². The first kappa shape index (κ1) is 31.9. The minimum atomic E-state index is -5.08. The number of sulfonamides is 1. The molecule has 0 atom stereocenters. The van der Waals surface area contributed by atoms with Crippen molar-refractivity contribution in [1.29, 1.82) is 0 Å². The van der Waals surface area contributed by atoms with Gasteiger partial charge in [0.25, 0.3) is 0 Å². The molecule has 222 valence electrons. The Morgan fingerprint density at radius 2 is 1.65 bits per heavy atom. The molecule has 2 aromatic carbocycles. The predicted octanol–water partition coefficient (Wildman–Crippen LogP) is 3.68. The topological polar surface area (TPSA) is 102 Å². The summed E-state index contributed by atoms with van der Waals surface area (Å²) >= 11 is 0. The largest absolute Gasteiger partial charge is 0.490 e. The average molecular weight is 589 g/mol. The number of likely N-dealkylation sites (tertiary alicyclic amines) is 2. The van der Waals surface area contributed by atoms with E-state index in [0.29, 0.717) is 18.2 Å². The Morgan fingerprint density at radius 1 is 1.02 bits per heavy atom. The number of piperidine rings is 1. The molecule has 2 aliphatic rings. The molecule has 2 aromatic rings. The van der Waals surface area contributed by atoms with E-state index in [-0.39, 0.29) is 11.4 Å². The van der Waals surface area contributed by atoms with Crippen LogP contribution in [0, 0.1) is 5.82 Å². The molecular weight excluding hydrogens is 552 g/mol. The van der Waals surface area contributed by atoms with Gasteiger partial charge in [0.1, 0.15) is 10.7 Å². The Hall–Kier alpha value is -2.58. The van der Waals surface area contributed by atoms with E-state index in [2.05, 4.69) is 33.0 Å². The molecule has 0 amide bonds. The van der Waals surface area contributed by atoms with Crippen molar-refractivity contribution in [3.8, 4) is 11.1 Å². The van der Waals surface area contributed by atoms with Crippen LogP contribution in [-0.4, -0.2) is 87.8 Å². The number of hydrogen-bond acceptors (Lipinski definition) is 6. The molecule has 2 fully saturated rings. The van der Waals surface area contributed by atoms with Gasteiger partial charge < -0.3 is 20.2 Å². The zero-order valence-electron chi connectivity index (χ0n) is 22.4. The smallest absolute Gasteiger partial charge is 0.475 e. The highest BCUT2D eigenvalue weighted by atomic mass is 32.2. The summed E-state index contributed by atoms with van der Waals surface area (Å²) in [5, 5.41) is 10.8. The maximum absolute atomic E-state index is 14.8. The molecule has 4 rings (SSSR count). The number of hydrogen-bond donors (Lipinski definition) is 3. The van der Waals surface area contributed by atoms with E-state index >= 15 is 0 Å². The van der Waals surface area contributed by atoms with Crippen LogP contribution in [0.3, 0.4) is 0 Å². The van der Waals surface area contributed by atoms with E-state index in [4.69, 9.17) is 9.90 Å². The molecule has 3 N–H and O–H groups in total. The van der Waals surface area contributed by atoms with Crippen LogP contribution in [0.15, 0.2) is 47.4 Å². The van der Waals surface area contributed by atoms with Crippen molar-refractivity contribution in [2.45, 2.75) is 49.3 Å². The van der Waals surface area contributed by atoms with Gasteiger partial charge in [-0.1, -0.05) is 24.3 Å². The summed E-state index contributed by atoms with van der Waals surface area (Å²) in [5.41, 5.74) is 2.68. The zero-order valence-corrected chi connectivity index (χ0v) is 23.2. The maximum Gasteiger partial charge on any atom is 0.490 e. The van der Waals surface area contributed by atoms with E-state index < -0.39 is 28.0 Å². The first-order valence-electron chi connectivity index (χ1n) is 13.2. The maximum atomic E-state index is 14.8. The molecule has 0 unspecified atom stereocenters. The van der Waals surface area contributed by atoms with Gasteiger partial charge in [0.15, 0.2) is 0 Å². The van der Waals surface area contributed by atoms with Crippen molar-refractivity contribution in [2.75, 3.05) is 46.3 Å². The number of alkyl halides is 3. The number of benzene rings is 2. The molecule has 2 heterocycles. The highest BCUT2D eigenvalue weighted by Gasteiger charge is 2.38. The van der Waals surface area contributed by atoms with Gasteiger partial charge in [-0.3, -0.25) is 0 Å². The summed E-state index contributed by atoms with van der Waals surface area (Å²) < 4.78 is 74.3. The van der Waals surface area contributed by atoms with Crippen LogP contribution in [-0.2, 0) is 21.4 Å². The minimum Gasteiger partial charge on any atom is -0.475 e. The molecule has 13 heteroatoms. The lowest BCUT2D eigenvalue weighted by Crippen LogP contribution is -2.40. The van der Waals surface area contributed by atoms with Crippen molar-refractivity contribution in [2.24, 2.45) is 0 Å². The zero-order chi connectivity index (χ0) is 29.3. The van der Waals surface area contributed by atoms with Gasteiger partial charge >= 0.3 is 12.1 Å². The molecule has 2 aliphatic heterocycles. The number of nitrogens with one attached hydrogen (secondary N) is 2. The van der Waals surface area contributed by atoms with Gasteiger partial charge in [-0.25, -0.2) is 22.3 Å². The van der Waals surface area contributed by atoms with Crippen LogP contribution in [0.2, 0.25) is 0 Å². The normalized spacial score (nSPS) is 17.4. The Bertz CT molecular complexity index is 1230. The van der Waals surface area contributed by atoms with Crippen molar-refractivity contribution in [3.05, 3.63) is 53.8 Å². The van der Waals surface area contributed by atoms with Gasteiger partial charge in [-0.05, 0) is 93.8 Å². The van der Waals surface area contributed by atoms with Crippen LogP contribution < -0.4 is 10.0 Å². The molecule has 2 saturated heterocycles. The molecular formula is C27H36F4N4O4S. The summed E-state index contributed by atoms with van der Waals surface area (Å²) in [6.07, 6.45) is -0.497. The lowest BCUT2D eigenvalue weighted by atomic mass is 10.0. The summed E-state index contributed by atoms with van der Waals surface area (Å²) in [4.78, 5) is 13.2. The van der Waals surface area contributed by atoms with Gasteiger partial charge in [-0.2, -0.15) is 13.2 Å². The molecule has 0 bridgehead atoms. The lowest BCUT2D eigenvalue weighted by Gasteiger charge is -2.29. The summed E-state index contributed by atoms with van der Waals surface area (Å²) in [5.74, 6) is -3.48. The standard InChI is InChI=1S/C25H35FN4O2S.C2HF3O2/c1-29-14-9-23(10-15-29)27-19-20-5-4-6-21(17-20)22-7-8-25(24(26)18-22)33(31,32)28-11-16-30-12-2-3-13-30;3-2(4,5)1(6)7/h4-8,17-18,23,27-28H,2-3,9-16,19H2,1H3;(H,6,7). The summed E-state index contributed by atoms with van der Waals surface area (Å²) in [7, 11) is -1.73. The number of aliphatic carboxylic acids is 1. The molecule has 0 radical (unpaired) electrons. The molecule has 0 aliphatic carbocycles. The van der Waals surface area contributed by atoms with Crippen LogP contribution in [0.25, 0.3) is 11.1 Å². The summed E-state index contributed by atoms with van der Waals surface area (Å²) in [6, 6.07) is 12.9. The second kappa shape index (κ2) is 14.4. The quantitative estimate of drug-likeness (QED) is 0.384. The fourth-order valence-corrected chi connectivity index (χ4v) is 5.73. The van der Waals surface area contributed by atoms with Crippen LogP contribution >= 0.6 is 0 Å². The van der Waals surface area contributed by atoms with Gasteiger partial charge in [-0.15, -0.1) is 0 Å². The number of nitrogens with zero attached hydrogens (tertiary/aromatic N) is 2. The Balaban J connectivity index is 0.000000559. The van der Waals surface area contributed by atoms with Crippen molar-refractivity contribution >= 4 is 16.0 Å². The number of halogens is 4. The first-order valence-corrected chi connectivity index (χ1v) is 14.7. The average Bonchev–Trinajstić information content (AvgIpc) is 3.41.